The fraction of sp³-hybridized carbons (Fsp3) is 0.235. The molecule has 0 aliphatic rings. The maximum Gasteiger partial charge on any atom is 0.276 e. The van der Waals surface area contributed by atoms with Crippen LogP contribution in [0.1, 0.15) is 12.5 Å². The number of ether oxygens (including phenoxy) is 3. The number of nitrogens with zero attached hydrogens (tertiary/aromatic N) is 1. The summed E-state index contributed by atoms with van der Waals surface area (Å²) in [5.74, 6) is 0.792. The van der Waals surface area contributed by atoms with Gasteiger partial charge in [0.15, 0.2) is 11.5 Å². The average molecular weight is 380 g/mol. The normalized spacial score (nSPS) is 11.3. The fourth-order valence-electron chi connectivity index (χ4n) is 2.09. The first-order valence-electron chi connectivity index (χ1n) is 7.64. The third-order valence-electron chi connectivity index (χ3n) is 3.33. The second kappa shape index (κ2) is 8.43. The van der Waals surface area contributed by atoms with Crippen LogP contribution in [0.15, 0.2) is 46.4 Å². The molecule has 2 rings (SSSR count). The van der Waals surface area contributed by atoms with E-state index in [0.717, 1.165) is 0 Å². The molecular formula is C17H20N2O6S. The van der Waals surface area contributed by atoms with Gasteiger partial charge in [-0.1, -0.05) is 0 Å². The first-order valence-corrected chi connectivity index (χ1v) is 9.12. The molecule has 2 N–H and O–H groups in total. The molecule has 140 valence electrons. The van der Waals surface area contributed by atoms with Crippen LogP contribution < -0.4 is 19.0 Å². The Balaban J connectivity index is 2.16. The Morgan fingerprint density at radius 1 is 1.12 bits per heavy atom. The molecule has 9 heteroatoms. The number of aromatic hydroxyl groups is 1. The van der Waals surface area contributed by atoms with Gasteiger partial charge in [0.2, 0.25) is 5.75 Å². The molecule has 2 aromatic rings. The molecule has 0 fully saturated rings. The second-order valence-electron chi connectivity index (χ2n) is 5.03. The number of hydrogen-bond donors (Lipinski definition) is 2. The Hall–Kier alpha value is -2.94. The molecule has 8 nitrogen and oxygen atoms in total. The van der Waals surface area contributed by atoms with E-state index < -0.39 is 10.0 Å². The van der Waals surface area contributed by atoms with Crippen molar-refractivity contribution < 1.29 is 27.7 Å². The van der Waals surface area contributed by atoms with Crippen molar-refractivity contribution in [2.75, 3.05) is 20.8 Å². The molecule has 0 unspecified atom stereocenters. The van der Waals surface area contributed by atoms with Crippen molar-refractivity contribution in [3.8, 4) is 23.0 Å². The Kier molecular flexibility index (Phi) is 6.29. The molecule has 0 heterocycles. The monoisotopic (exact) mass is 380 g/mol. The predicted molar refractivity (Wildman–Crippen MR) is 96.7 cm³/mol. The number of sulfonamides is 1. The van der Waals surface area contributed by atoms with Gasteiger partial charge in [0.05, 0.1) is 31.9 Å². The lowest BCUT2D eigenvalue weighted by molar-refractivity contribution is 0.340. The standard InChI is InChI=1S/C17H20N2O6S/c1-4-25-13-5-7-14(8-6-13)26(21,22)19-18-11-12-9-15(23-2)17(20)16(10-12)24-3/h5-11,19-20H,4H2,1-3H3. The maximum atomic E-state index is 12.2. The third-order valence-corrected chi connectivity index (χ3v) is 4.57. The molecule has 0 radical (unpaired) electrons. The van der Waals surface area contributed by atoms with Crippen molar-refractivity contribution in [3.63, 3.8) is 0 Å². The van der Waals surface area contributed by atoms with Gasteiger partial charge in [0.25, 0.3) is 10.0 Å². The van der Waals surface area contributed by atoms with Crippen LogP contribution in [0, 0.1) is 0 Å². The Bertz CT molecular complexity index is 854. The average Bonchev–Trinajstić information content (AvgIpc) is 2.63. The lowest BCUT2D eigenvalue weighted by atomic mass is 10.2. The number of rotatable bonds is 8. The largest absolute Gasteiger partial charge is 0.502 e. The third kappa shape index (κ3) is 4.57. The van der Waals surface area contributed by atoms with Crippen molar-refractivity contribution in [2.45, 2.75) is 11.8 Å². The van der Waals surface area contributed by atoms with E-state index in [0.29, 0.717) is 17.9 Å². The summed E-state index contributed by atoms with van der Waals surface area (Å²) in [7, 11) is -1.03. The molecule has 0 saturated heterocycles. The molecule has 0 aromatic heterocycles. The maximum absolute atomic E-state index is 12.2. The van der Waals surface area contributed by atoms with Crippen LogP contribution in [0.4, 0.5) is 0 Å². The fourth-order valence-corrected chi connectivity index (χ4v) is 2.88. The lowest BCUT2D eigenvalue weighted by Gasteiger charge is -2.09. The summed E-state index contributed by atoms with van der Waals surface area (Å²) in [6.45, 7) is 2.34. The van der Waals surface area contributed by atoms with Crippen molar-refractivity contribution in [1.29, 1.82) is 0 Å². The van der Waals surface area contributed by atoms with Crippen LogP contribution in [0.2, 0.25) is 0 Å². The molecule has 0 amide bonds. The number of phenols is 1. The number of hydrazone groups is 1. The van der Waals surface area contributed by atoms with Crippen LogP contribution in [0.3, 0.4) is 0 Å². The SMILES string of the molecule is CCOc1ccc(S(=O)(=O)NN=Cc2cc(OC)c(O)c(OC)c2)cc1. The zero-order valence-electron chi connectivity index (χ0n) is 14.6. The summed E-state index contributed by atoms with van der Waals surface area (Å²) in [6.07, 6.45) is 1.27. The quantitative estimate of drug-likeness (QED) is 0.537. The summed E-state index contributed by atoms with van der Waals surface area (Å²) in [5.41, 5.74) is 0.478. The van der Waals surface area contributed by atoms with E-state index in [1.807, 2.05) is 6.92 Å². The summed E-state index contributed by atoms with van der Waals surface area (Å²) in [6, 6.07) is 8.97. The van der Waals surface area contributed by atoms with E-state index in [1.165, 1.54) is 44.7 Å². The minimum atomic E-state index is -3.82. The molecule has 0 aliphatic carbocycles. The van der Waals surface area contributed by atoms with Crippen LogP contribution in [-0.4, -0.2) is 40.6 Å². The lowest BCUT2D eigenvalue weighted by Crippen LogP contribution is -2.18. The van der Waals surface area contributed by atoms with E-state index in [9.17, 15) is 13.5 Å². The van der Waals surface area contributed by atoms with Gasteiger partial charge in [-0.25, -0.2) is 4.83 Å². The molecule has 2 aromatic carbocycles. The highest BCUT2D eigenvalue weighted by atomic mass is 32.2. The van der Waals surface area contributed by atoms with Crippen LogP contribution in [-0.2, 0) is 10.0 Å². The summed E-state index contributed by atoms with van der Waals surface area (Å²) < 4.78 is 39.8. The molecule has 0 spiro atoms. The Labute approximate surface area is 152 Å². The highest BCUT2D eigenvalue weighted by Crippen LogP contribution is 2.36. The number of nitrogens with one attached hydrogen (secondary N) is 1. The zero-order valence-corrected chi connectivity index (χ0v) is 15.4. The van der Waals surface area contributed by atoms with Crippen molar-refractivity contribution in [3.05, 3.63) is 42.0 Å². The van der Waals surface area contributed by atoms with Gasteiger partial charge in [0, 0.05) is 5.56 Å². The van der Waals surface area contributed by atoms with E-state index >= 15 is 0 Å². The van der Waals surface area contributed by atoms with E-state index in [4.69, 9.17) is 14.2 Å². The van der Waals surface area contributed by atoms with Crippen LogP contribution in [0.5, 0.6) is 23.0 Å². The van der Waals surface area contributed by atoms with E-state index in [2.05, 4.69) is 9.93 Å². The van der Waals surface area contributed by atoms with Crippen LogP contribution >= 0.6 is 0 Å². The van der Waals surface area contributed by atoms with Gasteiger partial charge >= 0.3 is 0 Å². The molecule has 0 aliphatic heterocycles. The summed E-state index contributed by atoms with van der Waals surface area (Å²) >= 11 is 0. The van der Waals surface area contributed by atoms with Crippen molar-refractivity contribution in [1.82, 2.24) is 4.83 Å². The van der Waals surface area contributed by atoms with Crippen molar-refractivity contribution >= 4 is 16.2 Å². The first kappa shape index (κ1) is 19.4. The Morgan fingerprint density at radius 2 is 1.69 bits per heavy atom. The van der Waals surface area contributed by atoms with E-state index in [-0.39, 0.29) is 22.1 Å². The molecule has 26 heavy (non-hydrogen) atoms. The smallest absolute Gasteiger partial charge is 0.276 e. The Morgan fingerprint density at radius 3 is 2.19 bits per heavy atom. The molecule has 0 bridgehead atoms. The van der Waals surface area contributed by atoms with Gasteiger partial charge in [0.1, 0.15) is 5.75 Å². The summed E-state index contributed by atoms with van der Waals surface area (Å²) in [5, 5.41) is 13.6. The van der Waals surface area contributed by atoms with Gasteiger partial charge in [-0.2, -0.15) is 13.5 Å². The van der Waals surface area contributed by atoms with E-state index in [1.54, 1.807) is 12.1 Å². The van der Waals surface area contributed by atoms with Gasteiger partial charge < -0.3 is 19.3 Å². The highest BCUT2D eigenvalue weighted by Gasteiger charge is 2.13. The van der Waals surface area contributed by atoms with Crippen LogP contribution in [0.25, 0.3) is 0 Å². The number of hydrogen-bond acceptors (Lipinski definition) is 7. The second-order valence-corrected chi connectivity index (χ2v) is 6.69. The predicted octanol–water partition coefficient (Wildman–Crippen LogP) is 2.12. The number of methoxy groups -OCH3 is 2. The van der Waals surface area contributed by atoms with Gasteiger partial charge in [-0.05, 0) is 43.3 Å². The zero-order chi connectivity index (χ0) is 19.2. The topological polar surface area (TPSA) is 106 Å². The first-order chi connectivity index (χ1) is 12.4. The highest BCUT2D eigenvalue weighted by molar-refractivity contribution is 7.89. The molecular weight excluding hydrogens is 360 g/mol. The van der Waals surface area contributed by atoms with Gasteiger partial charge in [-0.15, -0.1) is 0 Å². The van der Waals surface area contributed by atoms with Crippen molar-refractivity contribution in [2.24, 2.45) is 5.10 Å². The number of benzene rings is 2. The number of phenolic OH excluding ortho intramolecular Hbond substituents is 1. The van der Waals surface area contributed by atoms with Gasteiger partial charge in [-0.3, -0.25) is 0 Å². The molecule has 0 saturated carbocycles. The molecule has 0 atom stereocenters. The summed E-state index contributed by atoms with van der Waals surface area (Å²) in [4.78, 5) is 2.18. The minimum absolute atomic E-state index is 0.0546. The minimum Gasteiger partial charge on any atom is -0.502 e.